The van der Waals surface area contributed by atoms with Crippen LogP contribution in [0.3, 0.4) is 0 Å². The maximum Gasteiger partial charge on any atom is 0.185 e. The Morgan fingerprint density at radius 2 is 1.89 bits per heavy atom. The molecule has 1 heterocycles. The lowest BCUT2D eigenvalue weighted by molar-refractivity contribution is 0.790. The second-order valence-corrected chi connectivity index (χ2v) is 4.63. The van der Waals surface area contributed by atoms with Crippen LogP contribution in [0.1, 0.15) is 0 Å². The monoisotopic (exact) mass is 336 g/mol. The summed E-state index contributed by atoms with van der Waals surface area (Å²) in [5, 5.41) is 2.14. The first-order valence-corrected chi connectivity index (χ1v) is 6.71. The highest BCUT2D eigenvalue weighted by Crippen LogP contribution is 2.19. The molecule has 0 aliphatic rings. The molecule has 2 nitrogen and oxygen atoms in total. The van der Waals surface area contributed by atoms with Crippen LogP contribution >= 0.6 is 28.3 Å². The highest BCUT2D eigenvalue weighted by molar-refractivity contribution is 8.93. The van der Waals surface area contributed by atoms with Gasteiger partial charge >= 0.3 is 0 Å². The van der Waals surface area contributed by atoms with Crippen LogP contribution in [0.4, 0.5) is 0 Å². The largest absolute Gasteiger partial charge is 0.313 e. The Morgan fingerprint density at radius 1 is 1.16 bits per heavy atom. The molecule has 100 valence electrons. The van der Waals surface area contributed by atoms with E-state index in [1.54, 1.807) is 17.4 Å². The molecule has 19 heavy (non-hydrogen) atoms. The van der Waals surface area contributed by atoms with E-state index in [2.05, 4.69) is 40.2 Å². The third-order valence-corrected chi connectivity index (χ3v) is 3.44. The fourth-order valence-corrected chi connectivity index (χ4v) is 2.67. The third kappa shape index (κ3) is 3.78. The van der Waals surface area contributed by atoms with Crippen LogP contribution in [0, 0.1) is 0 Å². The maximum absolute atomic E-state index is 4.51. The Hall–Kier alpha value is -1.39. The molecule has 0 atom stereocenters. The number of benzene rings is 1. The summed E-state index contributed by atoms with van der Waals surface area (Å²) in [5.41, 5.74) is 2.39. The van der Waals surface area contributed by atoms with Gasteiger partial charge < -0.3 is 4.57 Å². The summed E-state index contributed by atoms with van der Waals surface area (Å²) in [6, 6.07) is 10.3. The third-order valence-electron chi connectivity index (χ3n) is 2.53. The fraction of sp³-hybridized carbons (Fsp3) is 0.133. The zero-order valence-electron chi connectivity index (χ0n) is 10.7. The molecule has 0 N–H and O–H groups in total. The molecule has 2 rings (SSSR count). The molecule has 0 amide bonds. The molecule has 0 unspecified atom stereocenters. The van der Waals surface area contributed by atoms with Gasteiger partial charge in [-0.25, -0.2) is 0 Å². The minimum Gasteiger partial charge on any atom is -0.313 e. The zero-order valence-corrected chi connectivity index (χ0v) is 13.2. The second-order valence-electron chi connectivity index (χ2n) is 3.80. The van der Waals surface area contributed by atoms with Crippen molar-refractivity contribution in [3.8, 4) is 11.3 Å². The van der Waals surface area contributed by atoms with Crippen LogP contribution in [0.15, 0.2) is 66.0 Å². The molecule has 1 aromatic heterocycles. The topological polar surface area (TPSA) is 17.3 Å². The van der Waals surface area contributed by atoms with Gasteiger partial charge in [-0.3, -0.25) is 4.99 Å². The summed E-state index contributed by atoms with van der Waals surface area (Å²) < 4.78 is 2.18. The van der Waals surface area contributed by atoms with Crippen molar-refractivity contribution >= 4 is 28.3 Å². The van der Waals surface area contributed by atoms with E-state index in [0.29, 0.717) is 6.54 Å². The van der Waals surface area contributed by atoms with Crippen molar-refractivity contribution in [3.05, 3.63) is 65.8 Å². The number of hydrogen-bond acceptors (Lipinski definition) is 2. The number of allylic oxidation sites excluding steroid dienone is 1. The fourth-order valence-electron chi connectivity index (χ4n) is 1.74. The van der Waals surface area contributed by atoms with Gasteiger partial charge in [-0.1, -0.05) is 42.5 Å². The molecule has 0 aliphatic heterocycles. The number of halogens is 1. The quantitative estimate of drug-likeness (QED) is 0.732. The molecule has 0 radical (unpaired) electrons. The number of aromatic nitrogens is 1. The van der Waals surface area contributed by atoms with E-state index >= 15 is 0 Å². The van der Waals surface area contributed by atoms with E-state index in [4.69, 9.17) is 0 Å². The van der Waals surface area contributed by atoms with Gasteiger partial charge in [0.1, 0.15) is 0 Å². The number of thiazole rings is 1. The van der Waals surface area contributed by atoms with E-state index in [1.807, 2.05) is 24.3 Å². The van der Waals surface area contributed by atoms with Crippen molar-refractivity contribution in [1.29, 1.82) is 0 Å². The Kier molecular flexibility index (Phi) is 6.53. The van der Waals surface area contributed by atoms with Crippen molar-refractivity contribution in [2.45, 2.75) is 6.54 Å². The van der Waals surface area contributed by atoms with Gasteiger partial charge in [0, 0.05) is 11.9 Å². The Labute approximate surface area is 128 Å². The highest BCUT2D eigenvalue weighted by Gasteiger charge is 2.05. The van der Waals surface area contributed by atoms with Gasteiger partial charge in [0.05, 0.1) is 12.2 Å². The first kappa shape index (κ1) is 15.7. The molecule has 0 aliphatic carbocycles. The lowest BCUT2D eigenvalue weighted by Crippen LogP contribution is -2.15. The van der Waals surface area contributed by atoms with Crippen LogP contribution in [0.5, 0.6) is 0 Å². The highest BCUT2D eigenvalue weighted by atomic mass is 79.9. The van der Waals surface area contributed by atoms with E-state index in [9.17, 15) is 0 Å². The average molecular weight is 337 g/mol. The summed E-state index contributed by atoms with van der Waals surface area (Å²) in [7, 11) is 0. The Bertz CT molecular complexity index is 596. The molecule has 0 saturated carbocycles. The molecule has 0 saturated heterocycles. The van der Waals surface area contributed by atoms with Crippen molar-refractivity contribution in [2.75, 3.05) is 6.54 Å². The zero-order chi connectivity index (χ0) is 12.8. The van der Waals surface area contributed by atoms with Crippen molar-refractivity contribution in [1.82, 2.24) is 4.57 Å². The van der Waals surface area contributed by atoms with Crippen LogP contribution in [0.2, 0.25) is 0 Å². The van der Waals surface area contributed by atoms with Gasteiger partial charge in [-0.05, 0) is 5.56 Å². The molecular weight excluding hydrogens is 320 g/mol. The van der Waals surface area contributed by atoms with Crippen LogP contribution < -0.4 is 4.80 Å². The first-order valence-electron chi connectivity index (χ1n) is 5.83. The minimum absolute atomic E-state index is 0. The van der Waals surface area contributed by atoms with Gasteiger partial charge in [-0.15, -0.1) is 41.5 Å². The van der Waals surface area contributed by atoms with E-state index in [-0.39, 0.29) is 17.0 Å². The van der Waals surface area contributed by atoms with E-state index in [1.165, 1.54) is 11.3 Å². The summed E-state index contributed by atoms with van der Waals surface area (Å²) in [5.74, 6) is 0. The normalized spacial score (nSPS) is 10.8. The molecule has 1 aromatic carbocycles. The lowest BCUT2D eigenvalue weighted by Gasteiger charge is -2.06. The number of hydrogen-bond donors (Lipinski definition) is 0. The van der Waals surface area contributed by atoms with E-state index < -0.39 is 0 Å². The summed E-state index contributed by atoms with van der Waals surface area (Å²) >= 11 is 1.65. The molecule has 4 heteroatoms. The van der Waals surface area contributed by atoms with Crippen molar-refractivity contribution < 1.29 is 0 Å². The molecule has 2 aromatic rings. The average Bonchev–Trinajstić information content (AvgIpc) is 2.81. The summed E-state index contributed by atoms with van der Waals surface area (Å²) in [6.45, 7) is 8.92. The molecule has 0 fully saturated rings. The lowest BCUT2D eigenvalue weighted by atomic mass is 10.2. The van der Waals surface area contributed by atoms with Crippen LogP contribution in [-0.4, -0.2) is 11.1 Å². The summed E-state index contributed by atoms with van der Waals surface area (Å²) in [4.78, 5) is 5.51. The predicted molar refractivity (Wildman–Crippen MR) is 88.9 cm³/mol. The molecule has 0 bridgehead atoms. The van der Waals surface area contributed by atoms with E-state index in [0.717, 1.165) is 11.3 Å². The second kappa shape index (κ2) is 7.92. The van der Waals surface area contributed by atoms with Crippen molar-refractivity contribution in [2.24, 2.45) is 4.99 Å². The van der Waals surface area contributed by atoms with Gasteiger partial charge in [-0.2, -0.15) is 0 Å². The maximum atomic E-state index is 4.51. The predicted octanol–water partition coefficient (Wildman–Crippen LogP) is 4.07. The first-order chi connectivity index (χ1) is 8.86. The number of nitrogens with zero attached hydrogens (tertiary/aromatic N) is 2. The van der Waals surface area contributed by atoms with Gasteiger partial charge in [0.2, 0.25) is 0 Å². The molecular formula is C15H17BrN2S. The van der Waals surface area contributed by atoms with Crippen molar-refractivity contribution in [3.63, 3.8) is 0 Å². The summed E-state index contributed by atoms with van der Waals surface area (Å²) in [6.07, 6.45) is 3.70. The van der Waals surface area contributed by atoms with Gasteiger partial charge in [0.15, 0.2) is 4.80 Å². The number of rotatable bonds is 5. The van der Waals surface area contributed by atoms with Gasteiger partial charge in [0.25, 0.3) is 0 Å². The van der Waals surface area contributed by atoms with Crippen LogP contribution in [-0.2, 0) is 6.54 Å². The smallest absolute Gasteiger partial charge is 0.185 e. The standard InChI is InChI=1S/C15H16N2S.BrH/c1-3-10-16-15-17(11-4-2)14(12-18-15)13-8-6-5-7-9-13;/h3-9,12H,1-2,10-11H2;1H. The minimum atomic E-state index is 0. The van der Waals surface area contributed by atoms with Crippen LogP contribution in [0.25, 0.3) is 11.3 Å². The molecule has 0 spiro atoms. The Morgan fingerprint density at radius 3 is 2.53 bits per heavy atom. The Balaban J connectivity index is 0.00000180. The SMILES string of the molecule is Br.C=CCN=c1scc(-c2ccccc2)n1CC=C.